The van der Waals surface area contributed by atoms with Crippen molar-refractivity contribution in [3.8, 4) is 0 Å². The fourth-order valence-corrected chi connectivity index (χ4v) is 1.10. The van der Waals surface area contributed by atoms with E-state index in [0.29, 0.717) is 6.29 Å². The number of aldehydes is 1. The normalized spacial score (nSPS) is 15.5. The number of carbonyl (C=O) groups excluding carboxylic acids is 1. The molecule has 2 heteroatoms. The van der Waals surface area contributed by atoms with Crippen LogP contribution in [0, 0.1) is 0 Å². The Labute approximate surface area is 77.5 Å². The van der Waals surface area contributed by atoms with Crippen LogP contribution in [0.4, 0.5) is 0 Å². The van der Waals surface area contributed by atoms with Crippen LogP contribution in [0.25, 0.3) is 0 Å². The summed E-state index contributed by atoms with van der Waals surface area (Å²) in [5.74, 6) is 0. The molecular formula is C11H12O2. The maximum Gasteiger partial charge on any atom is 0.142 e. The Morgan fingerprint density at radius 1 is 1.31 bits per heavy atom. The van der Waals surface area contributed by atoms with E-state index in [0.717, 1.165) is 5.56 Å². The van der Waals surface area contributed by atoms with Gasteiger partial charge in [-0.2, -0.15) is 0 Å². The predicted octanol–water partition coefficient (Wildman–Crippen LogP) is 1.65. The van der Waals surface area contributed by atoms with E-state index in [1.54, 1.807) is 6.92 Å². The van der Waals surface area contributed by atoms with Gasteiger partial charge in [-0.15, -0.1) is 0 Å². The molecule has 0 fully saturated rings. The molecule has 1 aromatic rings. The summed E-state index contributed by atoms with van der Waals surface area (Å²) >= 11 is 0. The predicted molar refractivity (Wildman–Crippen MR) is 51.2 cm³/mol. The van der Waals surface area contributed by atoms with Gasteiger partial charge in [0.25, 0.3) is 0 Å². The van der Waals surface area contributed by atoms with Gasteiger partial charge in [-0.25, -0.2) is 0 Å². The summed E-state index contributed by atoms with van der Waals surface area (Å²) in [5.41, 5.74) is -0.296. The van der Waals surface area contributed by atoms with Crippen molar-refractivity contribution in [3.05, 3.63) is 48.0 Å². The molecule has 0 spiro atoms. The first-order chi connectivity index (χ1) is 6.17. The second-order valence-electron chi connectivity index (χ2n) is 3.01. The highest BCUT2D eigenvalue weighted by atomic mass is 16.3. The lowest BCUT2D eigenvalue weighted by Gasteiger charge is -2.18. The Morgan fingerprint density at radius 3 is 2.46 bits per heavy atom. The number of hydrogen-bond acceptors (Lipinski definition) is 2. The standard InChI is InChI=1S/C11H12O2/c1-11(13,8-5-9-12)10-6-3-2-4-7-10/h2-9,13H,1H3. The molecule has 0 amide bonds. The van der Waals surface area contributed by atoms with E-state index in [2.05, 4.69) is 0 Å². The van der Waals surface area contributed by atoms with Gasteiger partial charge in [-0.3, -0.25) is 4.79 Å². The molecule has 0 bridgehead atoms. The fourth-order valence-electron chi connectivity index (χ4n) is 1.10. The molecule has 13 heavy (non-hydrogen) atoms. The zero-order valence-corrected chi connectivity index (χ0v) is 7.47. The summed E-state index contributed by atoms with van der Waals surface area (Å²) in [7, 11) is 0. The first-order valence-electron chi connectivity index (χ1n) is 4.08. The van der Waals surface area contributed by atoms with E-state index in [1.807, 2.05) is 30.3 Å². The van der Waals surface area contributed by atoms with E-state index in [4.69, 9.17) is 0 Å². The molecule has 0 saturated carbocycles. The van der Waals surface area contributed by atoms with Gasteiger partial charge in [-0.1, -0.05) is 30.3 Å². The zero-order valence-electron chi connectivity index (χ0n) is 7.47. The van der Waals surface area contributed by atoms with Crippen molar-refractivity contribution in [1.29, 1.82) is 0 Å². The molecule has 1 aromatic carbocycles. The summed E-state index contributed by atoms with van der Waals surface area (Å²) < 4.78 is 0. The fraction of sp³-hybridized carbons (Fsp3) is 0.182. The maximum atomic E-state index is 10.1. The third kappa shape index (κ3) is 2.53. The van der Waals surface area contributed by atoms with Crippen LogP contribution in [0.5, 0.6) is 0 Å². The van der Waals surface area contributed by atoms with Crippen LogP contribution in [0.1, 0.15) is 12.5 Å². The zero-order chi connectivity index (χ0) is 9.73. The molecule has 0 radical (unpaired) electrons. The Morgan fingerprint density at radius 2 is 1.92 bits per heavy atom. The van der Waals surface area contributed by atoms with Crippen LogP contribution in [0.3, 0.4) is 0 Å². The highest BCUT2D eigenvalue weighted by Gasteiger charge is 2.17. The molecule has 1 N–H and O–H groups in total. The first kappa shape index (κ1) is 9.68. The Bertz CT molecular complexity index is 299. The third-order valence-corrected chi connectivity index (χ3v) is 1.86. The van der Waals surface area contributed by atoms with Crippen LogP contribution < -0.4 is 0 Å². The number of allylic oxidation sites excluding steroid dienone is 1. The number of rotatable bonds is 3. The van der Waals surface area contributed by atoms with Gasteiger partial charge < -0.3 is 5.11 Å². The van der Waals surface area contributed by atoms with E-state index in [-0.39, 0.29) is 0 Å². The van der Waals surface area contributed by atoms with Crippen LogP contribution >= 0.6 is 0 Å². The molecule has 1 atom stereocenters. The molecule has 0 heterocycles. The summed E-state index contributed by atoms with van der Waals surface area (Å²) in [4.78, 5) is 10.1. The molecule has 0 aliphatic carbocycles. The summed E-state index contributed by atoms with van der Waals surface area (Å²) in [6, 6.07) is 9.20. The average Bonchev–Trinajstić information content (AvgIpc) is 2.16. The lowest BCUT2D eigenvalue weighted by atomic mass is 9.96. The van der Waals surface area contributed by atoms with Gasteiger partial charge in [0, 0.05) is 0 Å². The second kappa shape index (κ2) is 4.01. The van der Waals surface area contributed by atoms with Gasteiger partial charge in [0.2, 0.25) is 0 Å². The maximum absolute atomic E-state index is 10.1. The lowest BCUT2D eigenvalue weighted by Crippen LogP contribution is -2.17. The summed E-state index contributed by atoms with van der Waals surface area (Å²) in [6.07, 6.45) is 3.42. The van der Waals surface area contributed by atoms with Crippen LogP contribution in [0.15, 0.2) is 42.5 Å². The van der Waals surface area contributed by atoms with Crippen LogP contribution in [-0.2, 0) is 10.4 Å². The Hall–Kier alpha value is -1.41. The van der Waals surface area contributed by atoms with Gasteiger partial charge in [0.1, 0.15) is 11.9 Å². The van der Waals surface area contributed by atoms with Gasteiger partial charge in [0.15, 0.2) is 0 Å². The van der Waals surface area contributed by atoms with E-state index in [9.17, 15) is 9.90 Å². The lowest BCUT2D eigenvalue weighted by molar-refractivity contribution is -0.104. The van der Waals surface area contributed by atoms with Gasteiger partial charge in [-0.05, 0) is 24.6 Å². The van der Waals surface area contributed by atoms with Crippen molar-refractivity contribution in [2.75, 3.05) is 0 Å². The number of benzene rings is 1. The van der Waals surface area contributed by atoms with Crippen molar-refractivity contribution in [2.24, 2.45) is 0 Å². The van der Waals surface area contributed by atoms with Crippen molar-refractivity contribution in [1.82, 2.24) is 0 Å². The average molecular weight is 176 g/mol. The SMILES string of the molecule is CC(O)(C=CC=O)c1ccccc1. The molecule has 1 rings (SSSR count). The Kier molecular flexibility index (Phi) is 2.98. The van der Waals surface area contributed by atoms with Crippen molar-refractivity contribution >= 4 is 6.29 Å². The molecule has 0 saturated heterocycles. The Balaban J connectivity index is 2.93. The van der Waals surface area contributed by atoms with Gasteiger partial charge in [0.05, 0.1) is 0 Å². The number of carbonyl (C=O) groups is 1. The molecule has 1 unspecified atom stereocenters. The van der Waals surface area contributed by atoms with E-state index >= 15 is 0 Å². The van der Waals surface area contributed by atoms with Crippen LogP contribution in [-0.4, -0.2) is 11.4 Å². The van der Waals surface area contributed by atoms with Crippen molar-refractivity contribution in [2.45, 2.75) is 12.5 Å². The molecule has 0 aliphatic rings. The summed E-state index contributed by atoms with van der Waals surface area (Å²) in [6.45, 7) is 1.64. The monoisotopic (exact) mass is 176 g/mol. The second-order valence-corrected chi connectivity index (χ2v) is 3.01. The highest BCUT2D eigenvalue weighted by Crippen LogP contribution is 2.20. The number of aliphatic hydroxyl groups is 1. The molecule has 68 valence electrons. The smallest absolute Gasteiger partial charge is 0.142 e. The van der Waals surface area contributed by atoms with Crippen molar-refractivity contribution in [3.63, 3.8) is 0 Å². The molecule has 0 aliphatic heterocycles. The third-order valence-electron chi connectivity index (χ3n) is 1.86. The highest BCUT2D eigenvalue weighted by molar-refractivity contribution is 5.65. The largest absolute Gasteiger partial charge is 0.381 e. The van der Waals surface area contributed by atoms with Crippen LogP contribution in [0.2, 0.25) is 0 Å². The molecular weight excluding hydrogens is 164 g/mol. The van der Waals surface area contributed by atoms with Gasteiger partial charge >= 0.3 is 0 Å². The first-order valence-corrected chi connectivity index (χ1v) is 4.08. The minimum atomic E-state index is -1.07. The minimum absolute atomic E-state index is 0.650. The quantitative estimate of drug-likeness (QED) is 0.561. The van der Waals surface area contributed by atoms with Crippen molar-refractivity contribution < 1.29 is 9.90 Å². The molecule has 2 nitrogen and oxygen atoms in total. The minimum Gasteiger partial charge on any atom is -0.381 e. The number of hydrogen-bond donors (Lipinski definition) is 1. The topological polar surface area (TPSA) is 37.3 Å². The summed E-state index contributed by atoms with van der Waals surface area (Å²) in [5, 5.41) is 9.87. The van der Waals surface area contributed by atoms with E-state index in [1.165, 1.54) is 12.2 Å². The van der Waals surface area contributed by atoms with E-state index < -0.39 is 5.60 Å². The molecule has 0 aromatic heterocycles.